The van der Waals surface area contributed by atoms with Crippen LogP contribution in [0.5, 0.6) is 0 Å². The molecule has 0 aliphatic carbocycles. The largest absolute Gasteiger partial charge is 0.379 e. The summed E-state index contributed by atoms with van der Waals surface area (Å²) in [5.41, 5.74) is 6.60. The number of morpholine rings is 1. The van der Waals surface area contributed by atoms with E-state index in [0.29, 0.717) is 0 Å². The fraction of sp³-hybridized carbons (Fsp3) is 1.00. The summed E-state index contributed by atoms with van der Waals surface area (Å²) in [6, 6.07) is 1.46. The van der Waals surface area contributed by atoms with Gasteiger partial charge in [0.2, 0.25) is 0 Å². The normalized spacial score (nSPS) is 42.7. The van der Waals surface area contributed by atoms with Gasteiger partial charge < -0.3 is 10.5 Å². The lowest BCUT2D eigenvalue weighted by Gasteiger charge is -2.43. The number of hydrogen-bond acceptors (Lipinski definition) is 5. The number of nitrogens with zero attached hydrogens (tertiary/aromatic N) is 3. The van der Waals surface area contributed by atoms with Crippen LogP contribution in [0.3, 0.4) is 0 Å². The van der Waals surface area contributed by atoms with Crippen molar-refractivity contribution in [3.8, 4) is 0 Å². The predicted octanol–water partition coefficient (Wildman–Crippen LogP) is -0.0415. The van der Waals surface area contributed by atoms with Crippen molar-refractivity contribution < 1.29 is 4.74 Å². The third-order valence-corrected chi connectivity index (χ3v) is 6.52. The lowest BCUT2D eigenvalue weighted by Crippen LogP contribution is -2.59. The maximum Gasteiger partial charge on any atom is 0.0594 e. The van der Waals surface area contributed by atoms with Crippen molar-refractivity contribution >= 4 is 0 Å². The van der Waals surface area contributed by atoms with E-state index in [-0.39, 0.29) is 5.54 Å². The Morgan fingerprint density at radius 2 is 1.86 bits per heavy atom. The third kappa shape index (κ3) is 2.34. The van der Waals surface area contributed by atoms with E-state index in [4.69, 9.17) is 10.5 Å². The summed E-state index contributed by atoms with van der Waals surface area (Å²) in [4.78, 5) is 8.12. The Kier molecular flexibility index (Phi) is 3.96. The molecular formula is C16H30N4O. The van der Waals surface area contributed by atoms with Crippen molar-refractivity contribution in [2.75, 3.05) is 59.0 Å². The zero-order chi connectivity index (χ0) is 14.3. The number of ether oxygens (including phenoxy) is 1. The van der Waals surface area contributed by atoms with Gasteiger partial charge >= 0.3 is 0 Å². The summed E-state index contributed by atoms with van der Waals surface area (Å²) in [5, 5.41) is 0. The van der Waals surface area contributed by atoms with Crippen LogP contribution in [0.25, 0.3) is 0 Å². The molecule has 3 atom stereocenters. The predicted molar refractivity (Wildman–Crippen MR) is 83.4 cm³/mol. The van der Waals surface area contributed by atoms with Gasteiger partial charge in [-0.1, -0.05) is 0 Å². The molecule has 0 radical (unpaired) electrons. The summed E-state index contributed by atoms with van der Waals surface area (Å²) < 4.78 is 5.50. The molecule has 2 N–H and O–H groups in total. The smallest absolute Gasteiger partial charge is 0.0594 e. The van der Waals surface area contributed by atoms with Gasteiger partial charge in [0.1, 0.15) is 0 Å². The van der Waals surface area contributed by atoms with Gasteiger partial charge in [-0.15, -0.1) is 0 Å². The number of rotatable bonds is 3. The number of hydrogen-bond donors (Lipinski definition) is 1. The number of fused-ring (bicyclic) bond motifs is 1. The van der Waals surface area contributed by atoms with Gasteiger partial charge in [-0.05, 0) is 32.2 Å². The Hall–Kier alpha value is -0.200. The monoisotopic (exact) mass is 294 g/mol. The van der Waals surface area contributed by atoms with Crippen molar-refractivity contribution in [2.45, 2.75) is 43.3 Å². The highest BCUT2D eigenvalue weighted by molar-refractivity contribution is 5.11. The van der Waals surface area contributed by atoms with E-state index >= 15 is 0 Å². The first-order valence-corrected chi connectivity index (χ1v) is 8.84. The molecule has 3 unspecified atom stereocenters. The average Bonchev–Trinajstić information content (AvgIpc) is 3.24. The minimum Gasteiger partial charge on any atom is -0.379 e. The first kappa shape index (κ1) is 14.4. The molecule has 5 nitrogen and oxygen atoms in total. The van der Waals surface area contributed by atoms with E-state index in [9.17, 15) is 0 Å². The standard InChI is InChI=1S/C16H30N4O/c17-13-16(4-7-19-5-1-2-15(16)19)20-6-3-14(12-20)18-8-10-21-11-9-18/h14-15H,1-13,17H2. The second-order valence-corrected chi connectivity index (χ2v) is 7.29. The molecule has 4 saturated heterocycles. The highest BCUT2D eigenvalue weighted by atomic mass is 16.5. The second-order valence-electron chi connectivity index (χ2n) is 7.29. The summed E-state index contributed by atoms with van der Waals surface area (Å²) in [6.07, 6.45) is 5.32. The maximum absolute atomic E-state index is 6.33. The molecule has 120 valence electrons. The van der Waals surface area contributed by atoms with E-state index in [0.717, 1.165) is 44.9 Å². The van der Waals surface area contributed by atoms with Crippen molar-refractivity contribution in [1.29, 1.82) is 0 Å². The van der Waals surface area contributed by atoms with E-state index < -0.39 is 0 Å². The molecule has 4 fully saturated rings. The van der Waals surface area contributed by atoms with Crippen LogP contribution in [-0.2, 0) is 4.74 Å². The quantitative estimate of drug-likeness (QED) is 0.791. The second kappa shape index (κ2) is 5.78. The number of likely N-dealkylation sites (tertiary alicyclic amines) is 1. The average molecular weight is 294 g/mol. The van der Waals surface area contributed by atoms with Crippen LogP contribution in [0.15, 0.2) is 0 Å². The fourth-order valence-corrected chi connectivity index (χ4v) is 5.33. The van der Waals surface area contributed by atoms with Crippen molar-refractivity contribution in [3.63, 3.8) is 0 Å². The molecule has 0 aromatic carbocycles. The van der Waals surface area contributed by atoms with Crippen LogP contribution in [0.2, 0.25) is 0 Å². The molecule has 0 bridgehead atoms. The van der Waals surface area contributed by atoms with Gasteiger partial charge in [-0.25, -0.2) is 0 Å². The van der Waals surface area contributed by atoms with Crippen LogP contribution in [0, 0.1) is 0 Å². The van der Waals surface area contributed by atoms with Crippen molar-refractivity contribution in [3.05, 3.63) is 0 Å². The number of nitrogens with two attached hydrogens (primary N) is 1. The Labute approximate surface area is 128 Å². The molecule has 4 aliphatic rings. The Morgan fingerprint density at radius 3 is 2.67 bits per heavy atom. The molecule has 4 rings (SSSR count). The Morgan fingerprint density at radius 1 is 1.00 bits per heavy atom. The SMILES string of the molecule is NCC1(N2CCC(N3CCOCC3)C2)CCN2CCCC21. The van der Waals surface area contributed by atoms with Gasteiger partial charge in [0.25, 0.3) is 0 Å². The maximum atomic E-state index is 6.33. The van der Waals surface area contributed by atoms with E-state index in [1.54, 1.807) is 0 Å². The van der Waals surface area contributed by atoms with Crippen LogP contribution in [-0.4, -0.2) is 91.3 Å². The molecule has 0 aromatic rings. The topological polar surface area (TPSA) is 45.0 Å². The Balaban J connectivity index is 1.46. The van der Waals surface area contributed by atoms with Crippen LogP contribution in [0.4, 0.5) is 0 Å². The highest BCUT2D eigenvalue weighted by Crippen LogP contribution is 2.41. The van der Waals surface area contributed by atoms with Gasteiger partial charge in [0, 0.05) is 56.9 Å². The lowest BCUT2D eigenvalue weighted by atomic mass is 9.87. The van der Waals surface area contributed by atoms with Crippen molar-refractivity contribution in [2.24, 2.45) is 5.73 Å². The van der Waals surface area contributed by atoms with E-state index in [1.165, 1.54) is 51.9 Å². The first-order chi connectivity index (χ1) is 10.3. The molecule has 21 heavy (non-hydrogen) atoms. The fourth-order valence-electron chi connectivity index (χ4n) is 5.33. The molecule has 4 aliphatic heterocycles. The molecule has 5 heteroatoms. The molecular weight excluding hydrogens is 264 g/mol. The lowest BCUT2D eigenvalue weighted by molar-refractivity contribution is 0.0130. The minimum absolute atomic E-state index is 0.275. The molecule has 4 heterocycles. The third-order valence-electron chi connectivity index (χ3n) is 6.52. The molecule has 0 amide bonds. The van der Waals surface area contributed by atoms with Crippen LogP contribution >= 0.6 is 0 Å². The Bertz CT molecular complexity index is 373. The molecule has 0 spiro atoms. The van der Waals surface area contributed by atoms with Gasteiger partial charge in [-0.2, -0.15) is 0 Å². The first-order valence-electron chi connectivity index (χ1n) is 8.84. The molecule has 0 saturated carbocycles. The summed E-state index contributed by atoms with van der Waals surface area (Å²) in [5.74, 6) is 0. The minimum atomic E-state index is 0.275. The van der Waals surface area contributed by atoms with Gasteiger partial charge in [0.05, 0.1) is 13.2 Å². The van der Waals surface area contributed by atoms with E-state index in [1.807, 2.05) is 0 Å². The summed E-state index contributed by atoms with van der Waals surface area (Å²) >= 11 is 0. The summed E-state index contributed by atoms with van der Waals surface area (Å²) in [6.45, 7) is 9.92. The van der Waals surface area contributed by atoms with Crippen LogP contribution in [0.1, 0.15) is 25.7 Å². The van der Waals surface area contributed by atoms with Gasteiger partial charge in [-0.3, -0.25) is 14.7 Å². The van der Waals surface area contributed by atoms with Crippen molar-refractivity contribution in [1.82, 2.24) is 14.7 Å². The van der Waals surface area contributed by atoms with E-state index in [2.05, 4.69) is 14.7 Å². The zero-order valence-corrected chi connectivity index (χ0v) is 13.2. The highest BCUT2D eigenvalue weighted by Gasteiger charge is 2.53. The van der Waals surface area contributed by atoms with Crippen LogP contribution < -0.4 is 5.73 Å². The summed E-state index contributed by atoms with van der Waals surface area (Å²) in [7, 11) is 0. The zero-order valence-electron chi connectivity index (χ0n) is 13.2. The molecule has 0 aromatic heterocycles. The van der Waals surface area contributed by atoms with Gasteiger partial charge in [0.15, 0.2) is 0 Å².